The molecule has 1 aliphatic rings. The van der Waals surface area contributed by atoms with Gasteiger partial charge in [0.15, 0.2) is 0 Å². The van der Waals surface area contributed by atoms with Crippen LogP contribution in [0.4, 0.5) is 5.69 Å². The lowest BCUT2D eigenvalue weighted by atomic mass is 10.1. The van der Waals surface area contributed by atoms with E-state index in [0.717, 1.165) is 19.4 Å². The molecule has 1 aliphatic heterocycles. The number of nitrogens with one attached hydrogen (secondary N) is 1. The van der Waals surface area contributed by atoms with Gasteiger partial charge in [-0.3, -0.25) is 9.52 Å². The van der Waals surface area contributed by atoms with E-state index in [1.54, 1.807) is 23.1 Å². The van der Waals surface area contributed by atoms with E-state index in [1.807, 2.05) is 6.92 Å². The average molecular weight is 457 g/mol. The molecule has 0 aromatic heterocycles. The van der Waals surface area contributed by atoms with Crippen molar-refractivity contribution in [2.75, 3.05) is 24.4 Å². The van der Waals surface area contributed by atoms with Gasteiger partial charge in [-0.15, -0.1) is 0 Å². The fourth-order valence-corrected chi connectivity index (χ4v) is 4.99. The third-order valence-corrected chi connectivity index (χ3v) is 6.76. The molecule has 0 aliphatic carbocycles. The highest BCUT2D eigenvalue weighted by atomic mass is 35.5. The van der Waals surface area contributed by atoms with Crippen molar-refractivity contribution in [2.45, 2.75) is 30.8 Å². The zero-order chi connectivity index (χ0) is 21.0. The summed E-state index contributed by atoms with van der Waals surface area (Å²) in [6, 6.07) is 10.6. The molecule has 1 saturated heterocycles. The van der Waals surface area contributed by atoms with Crippen molar-refractivity contribution in [2.24, 2.45) is 0 Å². The van der Waals surface area contributed by atoms with Crippen LogP contribution in [-0.2, 0) is 14.8 Å². The highest BCUT2D eigenvalue weighted by Crippen LogP contribution is 2.27. The Bertz CT molecular complexity index is 992. The molecule has 9 heteroatoms. The number of hydrogen-bond acceptors (Lipinski definition) is 4. The lowest BCUT2D eigenvalue weighted by Gasteiger charge is -2.24. The molecule has 1 atom stereocenters. The molecule has 2 aromatic carbocycles. The smallest absolute Gasteiger partial charge is 0.263 e. The zero-order valence-electron chi connectivity index (χ0n) is 15.9. The fraction of sp³-hybridized carbons (Fsp3) is 0.350. The highest BCUT2D eigenvalue weighted by Gasteiger charge is 2.23. The maximum absolute atomic E-state index is 12.9. The minimum atomic E-state index is -3.96. The Balaban J connectivity index is 1.79. The number of halogens is 2. The van der Waals surface area contributed by atoms with E-state index in [0.29, 0.717) is 18.7 Å². The van der Waals surface area contributed by atoms with Crippen molar-refractivity contribution in [1.82, 2.24) is 4.90 Å². The molecule has 0 radical (unpaired) electrons. The van der Waals surface area contributed by atoms with Crippen LogP contribution < -0.4 is 4.72 Å². The summed E-state index contributed by atoms with van der Waals surface area (Å²) in [5, 5.41) is 0.314. The third-order valence-electron chi connectivity index (χ3n) is 4.66. The van der Waals surface area contributed by atoms with Crippen LogP contribution in [0, 0.1) is 0 Å². The topological polar surface area (TPSA) is 75.7 Å². The summed E-state index contributed by atoms with van der Waals surface area (Å²) in [4.78, 5) is 14.5. The Morgan fingerprint density at radius 1 is 1.24 bits per heavy atom. The Labute approximate surface area is 180 Å². The van der Waals surface area contributed by atoms with Crippen LogP contribution in [0.25, 0.3) is 0 Å². The van der Waals surface area contributed by atoms with Gasteiger partial charge in [0.1, 0.15) is 4.90 Å². The van der Waals surface area contributed by atoms with Crippen molar-refractivity contribution < 1.29 is 17.9 Å². The van der Waals surface area contributed by atoms with Gasteiger partial charge >= 0.3 is 0 Å². The summed E-state index contributed by atoms with van der Waals surface area (Å²) >= 11 is 11.9. The van der Waals surface area contributed by atoms with Crippen molar-refractivity contribution in [1.29, 1.82) is 0 Å². The first kappa shape index (κ1) is 21.9. The van der Waals surface area contributed by atoms with Crippen LogP contribution in [0.2, 0.25) is 10.0 Å². The average Bonchev–Trinajstić information content (AvgIpc) is 3.20. The maximum Gasteiger partial charge on any atom is 0.263 e. The van der Waals surface area contributed by atoms with Crippen LogP contribution in [0.5, 0.6) is 0 Å². The van der Waals surface area contributed by atoms with E-state index < -0.39 is 10.0 Å². The minimum absolute atomic E-state index is 0.0468. The van der Waals surface area contributed by atoms with Gasteiger partial charge in [-0.25, -0.2) is 8.42 Å². The number of carbonyl (C=O) groups is 1. The van der Waals surface area contributed by atoms with Crippen molar-refractivity contribution in [3.63, 3.8) is 0 Å². The first-order chi connectivity index (χ1) is 13.8. The predicted molar refractivity (Wildman–Crippen MR) is 114 cm³/mol. The summed E-state index contributed by atoms with van der Waals surface area (Å²) in [5.41, 5.74) is 0.655. The van der Waals surface area contributed by atoms with Gasteiger partial charge in [-0.2, -0.15) is 0 Å². The lowest BCUT2D eigenvalue weighted by Crippen LogP contribution is -2.37. The molecule has 6 nitrogen and oxygen atoms in total. The van der Waals surface area contributed by atoms with Crippen LogP contribution in [0.15, 0.2) is 47.4 Å². The van der Waals surface area contributed by atoms with Crippen molar-refractivity contribution in [3.05, 3.63) is 58.1 Å². The van der Waals surface area contributed by atoms with Gasteiger partial charge < -0.3 is 9.64 Å². The standard InChI is InChI=1S/C20H22Cl2N2O4S/c1-2-24(13-17-7-4-10-28-17)20(25)14-5-3-6-16(11-14)23-29(26,27)19-12-15(21)8-9-18(19)22/h3,5-6,8-9,11-12,17,23H,2,4,7,10,13H2,1H3. The number of carbonyl (C=O) groups excluding carboxylic acids is 1. The molecule has 1 amide bonds. The van der Waals surface area contributed by atoms with Gasteiger partial charge in [0.2, 0.25) is 0 Å². The first-order valence-corrected chi connectivity index (χ1v) is 11.5. The molecule has 1 fully saturated rings. The summed E-state index contributed by atoms with van der Waals surface area (Å²) in [7, 11) is -3.96. The number of amides is 1. The summed E-state index contributed by atoms with van der Waals surface area (Å²) in [6.07, 6.45) is 1.98. The SMILES string of the molecule is CCN(CC1CCCO1)C(=O)c1cccc(NS(=O)(=O)c2cc(Cl)ccc2Cl)c1. The number of anilines is 1. The molecular weight excluding hydrogens is 435 g/mol. The van der Waals surface area contributed by atoms with Gasteiger partial charge in [-0.1, -0.05) is 29.3 Å². The van der Waals surface area contributed by atoms with E-state index in [2.05, 4.69) is 4.72 Å². The molecule has 1 unspecified atom stereocenters. The largest absolute Gasteiger partial charge is 0.376 e. The number of nitrogens with zero attached hydrogens (tertiary/aromatic N) is 1. The minimum Gasteiger partial charge on any atom is -0.376 e. The van der Waals surface area contributed by atoms with E-state index in [4.69, 9.17) is 27.9 Å². The Morgan fingerprint density at radius 2 is 2.03 bits per heavy atom. The molecule has 2 aromatic rings. The Morgan fingerprint density at radius 3 is 2.72 bits per heavy atom. The Kier molecular flexibility index (Phi) is 7.05. The number of sulfonamides is 1. The monoisotopic (exact) mass is 456 g/mol. The summed E-state index contributed by atoms with van der Waals surface area (Å²) < 4.78 is 33.5. The molecular formula is C20H22Cl2N2O4S. The van der Waals surface area contributed by atoms with Gasteiger partial charge in [-0.05, 0) is 56.2 Å². The molecule has 0 spiro atoms. The normalized spacial score (nSPS) is 16.6. The second-order valence-electron chi connectivity index (χ2n) is 6.74. The quantitative estimate of drug-likeness (QED) is 0.667. The molecule has 1 N–H and O–H groups in total. The molecule has 156 valence electrons. The van der Waals surface area contributed by atoms with Crippen LogP contribution in [-0.4, -0.2) is 45.0 Å². The van der Waals surface area contributed by atoms with E-state index in [9.17, 15) is 13.2 Å². The number of rotatable bonds is 7. The van der Waals surface area contributed by atoms with Crippen LogP contribution in [0.3, 0.4) is 0 Å². The molecule has 0 bridgehead atoms. The van der Waals surface area contributed by atoms with Gasteiger partial charge in [0.05, 0.1) is 11.1 Å². The number of likely N-dealkylation sites (N-methyl/N-ethyl adjacent to an activating group) is 1. The van der Waals surface area contributed by atoms with E-state index in [-0.39, 0.29) is 32.6 Å². The van der Waals surface area contributed by atoms with Crippen LogP contribution >= 0.6 is 23.2 Å². The van der Waals surface area contributed by atoms with Gasteiger partial charge in [0, 0.05) is 36.0 Å². The first-order valence-electron chi connectivity index (χ1n) is 9.29. The second kappa shape index (κ2) is 9.34. The molecule has 3 rings (SSSR count). The lowest BCUT2D eigenvalue weighted by molar-refractivity contribution is 0.0539. The number of ether oxygens (including phenoxy) is 1. The maximum atomic E-state index is 12.9. The predicted octanol–water partition coefficient (Wildman–Crippen LogP) is 4.44. The highest BCUT2D eigenvalue weighted by molar-refractivity contribution is 7.92. The molecule has 1 heterocycles. The van der Waals surface area contributed by atoms with Crippen molar-refractivity contribution in [3.8, 4) is 0 Å². The fourth-order valence-electron chi connectivity index (χ4n) is 3.18. The van der Waals surface area contributed by atoms with Crippen molar-refractivity contribution >= 4 is 44.8 Å². The molecule has 0 saturated carbocycles. The van der Waals surface area contributed by atoms with Crippen LogP contribution in [0.1, 0.15) is 30.1 Å². The third kappa shape index (κ3) is 5.42. The molecule has 29 heavy (non-hydrogen) atoms. The number of benzene rings is 2. The zero-order valence-corrected chi connectivity index (χ0v) is 18.2. The van der Waals surface area contributed by atoms with Gasteiger partial charge in [0.25, 0.3) is 15.9 Å². The second-order valence-corrected chi connectivity index (χ2v) is 9.23. The number of hydrogen-bond donors (Lipinski definition) is 1. The Hall–Kier alpha value is -1.80. The van der Waals surface area contributed by atoms with E-state index >= 15 is 0 Å². The summed E-state index contributed by atoms with van der Waals surface area (Å²) in [5.74, 6) is -0.176. The van der Waals surface area contributed by atoms with E-state index in [1.165, 1.54) is 24.3 Å². The summed E-state index contributed by atoms with van der Waals surface area (Å²) in [6.45, 7) is 3.68.